The number of benzene rings is 2. The zero-order valence-electron chi connectivity index (χ0n) is 18.3. The first kappa shape index (κ1) is 22.3. The van der Waals surface area contributed by atoms with Gasteiger partial charge in [0.1, 0.15) is 6.04 Å². The number of hydrogen-bond acceptors (Lipinski definition) is 5. The molecule has 1 atom stereocenters. The van der Waals surface area contributed by atoms with Gasteiger partial charge in [0.15, 0.2) is 12.2 Å². The van der Waals surface area contributed by atoms with Crippen LogP contribution in [0, 0.1) is 13.8 Å². The molecule has 0 aliphatic rings. The zero-order chi connectivity index (χ0) is 23.5. The van der Waals surface area contributed by atoms with E-state index in [-0.39, 0.29) is 11.8 Å². The van der Waals surface area contributed by atoms with E-state index < -0.39 is 6.04 Å². The molecule has 0 spiro atoms. The van der Waals surface area contributed by atoms with Gasteiger partial charge >= 0.3 is 0 Å². The van der Waals surface area contributed by atoms with Crippen molar-refractivity contribution < 1.29 is 14.0 Å². The van der Waals surface area contributed by atoms with Gasteiger partial charge in [-0.1, -0.05) is 23.7 Å². The molecule has 168 valence electrons. The Balaban J connectivity index is 1.41. The number of rotatable bonds is 6. The molecule has 1 unspecified atom stereocenters. The summed E-state index contributed by atoms with van der Waals surface area (Å²) in [4.78, 5) is 29.2. The minimum Gasteiger partial charge on any atom is -0.444 e. The summed E-state index contributed by atoms with van der Waals surface area (Å²) < 4.78 is 6.92. The van der Waals surface area contributed by atoms with Crippen molar-refractivity contribution in [2.75, 3.05) is 10.6 Å². The second-order valence-electron chi connectivity index (χ2n) is 7.63. The number of aryl methyl sites for hydroxylation is 2. The van der Waals surface area contributed by atoms with Gasteiger partial charge in [0.05, 0.1) is 22.6 Å². The van der Waals surface area contributed by atoms with E-state index in [9.17, 15) is 9.59 Å². The maximum Gasteiger partial charge on any atom is 0.255 e. The van der Waals surface area contributed by atoms with Gasteiger partial charge < -0.3 is 15.1 Å². The summed E-state index contributed by atoms with van der Waals surface area (Å²) >= 11 is 6.36. The van der Waals surface area contributed by atoms with E-state index in [1.807, 2.05) is 19.9 Å². The second kappa shape index (κ2) is 9.30. The number of carbonyl (C=O) groups is 2. The quantitative estimate of drug-likeness (QED) is 0.406. The lowest BCUT2D eigenvalue weighted by molar-refractivity contribution is -0.119. The van der Waals surface area contributed by atoms with E-state index in [4.69, 9.17) is 16.0 Å². The molecule has 0 saturated heterocycles. The van der Waals surface area contributed by atoms with Crippen LogP contribution in [0.5, 0.6) is 0 Å². The Morgan fingerprint density at radius 2 is 1.82 bits per heavy atom. The number of nitrogens with one attached hydrogen (secondary N) is 2. The molecule has 2 heterocycles. The van der Waals surface area contributed by atoms with Crippen molar-refractivity contribution in [3.63, 3.8) is 0 Å². The van der Waals surface area contributed by atoms with Crippen molar-refractivity contribution in [2.24, 2.45) is 0 Å². The summed E-state index contributed by atoms with van der Waals surface area (Å²) in [6.07, 6.45) is 2.96. The predicted molar refractivity (Wildman–Crippen MR) is 126 cm³/mol. The Hall–Kier alpha value is -3.91. The summed E-state index contributed by atoms with van der Waals surface area (Å²) in [6.45, 7) is 5.55. The fourth-order valence-electron chi connectivity index (χ4n) is 3.43. The number of nitrogens with zero attached hydrogens (tertiary/aromatic N) is 3. The number of carbonyl (C=O) groups excluding carboxylic acids is 2. The molecule has 4 aromatic rings. The highest BCUT2D eigenvalue weighted by molar-refractivity contribution is 6.34. The lowest BCUT2D eigenvalue weighted by Crippen LogP contribution is -2.25. The third-order valence-electron chi connectivity index (χ3n) is 5.14. The van der Waals surface area contributed by atoms with E-state index in [2.05, 4.69) is 20.7 Å². The van der Waals surface area contributed by atoms with E-state index >= 15 is 0 Å². The molecule has 0 aliphatic carbocycles. The molecule has 0 aliphatic heterocycles. The summed E-state index contributed by atoms with van der Waals surface area (Å²) in [5.74, 6) is 0.0930. The van der Waals surface area contributed by atoms with Crippen molar-refractivity contribution in [3.05, 3.63) is 83.1 Å². The SMILES string of the molecule is Cc1cc(C)n(C(C)C(=O)Nc2ccc(NC(=O)c3ccc(-c4cnco4)cc3)cc2Cl)n1. The Morgan fingerprint density at radius 1 is 1.06 bits per heavy atom. The molecule has 0 saturated carbocycles. The van der Waals surface area contributed by atoms with Crippen molar-refractivity contribution in [1.29, 1.82) is 0 Å². The van der Waals surface area contributed by atoms with Crippen LogP contribution in [-0.4, -0.2) is 26.6 Å². The standard InChI is InChI=1S/C24H22ClN5O3/c1-14-10-15(2)30(29-14)16(3)23(31)28-21-9-8-19(11-20(21)25)27-24(32)18-6-4-17(5-7-18)22-12-26-13-33-22/h4-13,16H,1-3H3,(H,27,32)(H,28,31). The number of amides is 2. The Morgan fingerprint density at radius 3 is 2.42 bits per heavy atom. The molecule has 9 heteroatoms. The van der Waals surface area contributed by atoms with Gasteiger partial charge in [0.2, 0.25) is 5.91 Å². The Labute approximate surface area is 195 Å². The molecule has 2 amide bonds. The van der Waals surface area contributed by atoms with Crippen LogP contribution in [-0.2, 0) is 4.79 Å². The van der Waals surface area contributed by atoms with Gasteiger partial charge in [-0.2, -0.15) is 5.10 Å². The molecule has 33 heavy (non-hydrogen) atoms. The zero-order valence-corrected chi connectivity index (χ0v) is 19.1. The van der Waals surface area contributed by atoms with Crippen LogP contribution in [0.15, 0.2) is 65.5 Å². The van der Waals surface area contributed by atoms with E-state index in [1.54, 1.807) is 60.3 Å². The highest BCUT2D eigenvalue weighted by Crippen LogP contribution is 2.27. The summed E-state index contributed by atoms with van der Waals surface area (Å²) in [5, 5.41) is 10.3. The monoisotopic (exact) mass is 463 g/mol. The van der Waals surface area contributed by atoms with E-state index in [1.165, 1.54) is 6.39 Å². The first-order chi connectivity index (χ1) is 15.8. The maximum absolute atomic E-state index is 12.7. The van der Waals surface area contributed by atoms with Crippen LogP contribution in [0.25, 0.3) is 11.3 Å². The summed E-state index contributed by atoms with van der Waals surface area (Å²) in [6, 6.07) is 13.3. The average molecular weight is 464 g/mol. The van der Waals surface area contributed by atoms with Crippen molar-refractivity contribution >= 4 is 34.8 Å². The summed E-state index contributed by atoms with van der Waals surface area (Å²) in [7, 11) is 0. The molecule has 8 nitrogen and oxygen atoms in total. The van der Waals surface area contributed by atoms with Gasteiger partial charge in [-0.25, -0.2) is 4.98 Å². The van der Waals surface area contributed by atoms with Crippen molar-refractivity contribution in [1.82, 2.24) is 14.8 Å². The minimum atomic E-state index is -0.505. The van der Waals surface area contributed by atoms with Gasteiger partial charge in [-0.3, -0.25) is 14.3 Å². The fraction of sp³-hybridized carbons (Fsp3) is 0.167. The molecule has 0 fully saturated rings. The van der Waals surface area contributed by atoms with Crippen molar-refractivity contribution in [2.45, 2.75) is 26.8 Å². The van der Waals surface area contributed by atoms with Crippen LogP contribution in [0.1, 0.15) is 34.7 Å². The van der Waals surface area contributed by atoms with Crippen LogP contribution in [0.4, 0.5) is 11.4 Å². The molecule has 2 aromatic heterocycles. The van der Waals surface area contributed by atoms with Crippen LogP contribution in [0.3, 0.4) is 0 Å². The number of halogens is 1. The third kappa shape index (κ3) is 4.96. The van der Waals surface area contributed by atoms with Gasteiger partial charge in [0.25, 0.3) is 5.91 Å². The average Bonchev–Trinajstić information content (AvgIpc) is 3.44. The number of oxazole rings is 1. The van der Waals surface area contributed by atoms with Gasteiger partial charge in [-0.15, -0.1) is 0 Å². The molecule has 2 aromatic carbocycles. The van der Waals surface area contributed by atoms with Crippen LogP contribution >= 0.6 is 11.6 Å². The van der Waals surface area contributed by atoms with E-state index in [0.29, 0.717) is 27.7 Å². The lowest BCUT2D eigenvalue weighted by Gasteiger charge is -2.16. The molecule has 0 bridgehead atoms. The number of aromatic nitrogens is 3. The lowest BCUT2D eigenvalue weighted by atomic mass is 10.1. The maximum atomic E-state index is 12.7. The van der Waals surface area contributed by atoms with Crippen molar-refractivity contribution in [3.8, 4) is 11.3 Å². The summed E-state index contributed by atoms with van der Waals surface area (Å²) in [5.41, 5.74) is 4.00. The molecular weight excluding hydrogens is 442 g/mol. The first-order valence-corrected chi connectivity index (χ1v) is 10.6. The second-order valence-corrected chi connectivity index (χ2v) is 8.04. The Bertz CT molecular complexity index is 1300. The normalized spacial score (nSPS) is 11.8. The smallest absolute Gasteiger partial charge is 0.255 e. The van der Waals surface area contributed by atoms with Crippen LogP contribution in [0.2, 0.25) is 5.02 Å². The number of anilines is 2. The highest BCUT2D eigenvalue weighted by atomic mass is 35.5. The molecular formula is C24H22ClN5O3. The number of hydrogen-bond donors (Lipinski definition) is 2. The topological polar surface area (TPSA) is 102 Å². The van der Waals surface area contributed by atoms with Gasteiger partial charge in [0, 0.05) is 22.5 Å². The largest absolute Gasteiger partial charge is 0.444 e. The van der Waals surface area contributed by atoms with Crippen LogP contribution < -0.4 is 10.6 Å². The Kier molecular flexibility index (Phi) is 6.28. The molecule has 0 radical (unpaired) electrons. The third-order valence-corrected chi connectivity index (χ3v) is 5.45. The van der Waals surface area contributed by atoms with Gasteiger partial charge in [-0.05, 0) is 57.2 Å². The highest BCUT2D eigenvalue weighted by Gasteiger charge is 2.19. The predicted octanol–water partition coefficient (Wildman–Crippen LogP) is 5.26. The first-order valence-electron chi connectivity index (χ1n) is 10.3. The van der Waals surface area contributed by atoms with E-state index in [0.717, 1.165) is 17.0 Å². The fourth-order valence-corrected chi connectivity index (χ4v) is 3.66. The molecule has 4 rings (SSSR count). The minimum absolute atomic E-state index is 0.244. The molecule has 2 N–H and O–H groups in total.